The summed E-state index contributed by atoms with van der Waals surface area (Å²) in [7, 11) is 1.69. The van der Waals surface area contributed by atoms with Crippen LogP contribution in [-0.2, 0) is 4.74 Å². The number of likely N-dealkylation sites (tertiary alicyclic amines) is 1. The second-order valence-corrected chi connectivity index (χ2v) is 5.64. The average molecular weight is 333 g/mol. The van der Waals surface area contributed by atoms with Gasteiger partial charge >= 0.3 is 0 Å². The Kier molecular flexibility index (Phi) is 4.65. The highest BCUT2D eigenvalue weighted by atomic mass is 79.9. The number of nitrogens with zero attached hydrogens (tertiary/aromatic N) is 1. The van der Waals surface area contributed by atoms with E-state index in [2.05, 4.69) is 15.9 Å². The van der Waals surface area contributed by atoms with E-state index in [-0.39, 0.29) is 12.0 Å². The molecule has 0 aliphatic carbocycles. The summed E-state index contributed by atoms with van der Waals surface area (Å²) in [5, 5.41) is 0.611. The Balaban J connectivity index is 2.12. The van der Waals surface area contributed by atoms with Crippen molar-refractivity contribution < 1.29 is 9.53 Å². The van der Waals surface area contributed by atoms with Crippen molar-refractivity contribution in [1.82, 2.24) is 4.90 Å². The predicted octanol–water partition coefficient (Wildman–Crippen LogP) is 3.35. The third-order valence-electron chi connectivity index (χ3n) is 3.17. The van der Waals surface area contributed by atoms with Crippen LogP contribution in [0.3, 0.4) is 0 Å². The lowest BCUT2D eigenvalue weighted by molar-refractivity contribution is 0.0269. The number of carbonyl (C=O) groups is 1. The van der Waals surface area contributed by atoms with E-state index in [0.29, 0.717) is 17.1 Å². The zero-order chi connectivity index (χ0) is 13.1. The first-order valence-corrected chi connectivity index (χ1v) is 7.06. The summed E-state index contributed by atoms with van der Waals surface area (Å²) in [4.78, 5) is 14.2. The third kappa shape index (κ3) is 3.05. The van der Waals surface area contributed by atoms with Gasteiger partial charge in [0, 0.05) is 30.2 Å². The Hall–Kier alpha value is -0.580. The molecule has 1 aromatic carbocycles. The van der Waals surface area contributed by atoms with E-state index in [4.69, 9.17) is 16.3 Å². The van der Waals surface area contributed by atoms with Gasteiger partial charge in [-0.1, -0.05) is 11.6 Å². The third-order valence-corrected chi connectivity index (χ3v) is 4.38. The molecule has 1 fully saturated rings. The van der Waals surface area contributed by atoms with E-state index in [1.54, 1.807) is 25.3 Å². The van der Waals surface area contributed by atoms with Crippen molar-refractivity contribution in [3.8, 4) is 0 Å². The van der Waals surface area contributed by atoms with Crippen molar-refractivity contribution in [2.75, 3.05) is 20.2 Å². The summed E-state index contributed by atoms with van der Waals surface area (Å²) < 4.78 is 6.07. The van der Waals surface area contributed by atoms with Gasteiger partial charge in [-0.2, -0.15) is 0 Å². The molecule has 1 amide bonds. The molecule has 0 saturated carbocycles. The molecule has 18 heavy (non-hydrogen) atoms. The van der Waals surface area contributed by atoms with E-state index in [1.807, 2.05) is 4.90 Å². The molecule has 1 aliphatic rings. The molecule has 1 saturated heterocycles. The van der Waals surface area contributed by atoms with Gasteiger partial charge in [-0.3, -0.25) is 4.79 Å². The quantitative estimate of drug-likeness (QED) is 0.831. The molecule has 0 spiro atoms. The smallest absolute Gasteiger partial charge is 0.253 e. The lowest BCUT2D eigenvalue weighted by atomic mass is 10.1. The molecule has 98 valence electrons. The number of hydrogen-bond acceptors (Lipinski definition) is 2. The summed E-state index contributed by atoms with van der Waals surface area (Å²) in [6.45, 7) is 1.45. The average Bonchev–Trinajstić information content (AvgIpc) is 2.41. The highest BCUT2D eigenvalue weighted by Crippen LogP contribution is 2.24. The van der Waals surface area contributed by atoms with Crippen LogP contribution in [0.4, 0.5) is 0 Å². The fourth-order valence-corrected chi connectivity index (χ4v) is 2.62. The second-order valence-electron chi connectivity index (χ2n) is 4.38. The van der Waals surface area contributed by atoms with Gasteiger partial charge < -0.3 is 9.64 Å². The van der Waals surface area contributed by atoms with Gasteiger partial charge in [0.25, 0.3) is 5.91 Å². The van der Waals surface area contributed by atoms with Crippen molar-refractivity contribution in [2.24, 2.45) is 0 Å². The highest BCUT2D eigenvalue weighted by Gasteiger charge is 2.24. The van der Waals surface area contributed by atoms with Crippen LogP contribution in [0.1, 0.15) is 23.2 Å². The molecule has 1 unspecified atom stereocenters. The van der Waals surface area contributed by atoms with Crippen LogP contribution in [0.2, 0.25) is 5.02 Å². The number of hydrogen-bond donors (Lipinski definition) is 0. The molecular formula is C13H15BrClNO2. The first-order valence-electron chi connectivity index (χ1n) is 5.89. The van der Waals surface area contributed by atoms with Crippen molar-refractivity contribution in [1.29, 1.82) is 0 Å². The maximum atomic E-state index is 12.3. The number of carbonyl (C=O) groups excluding carboxylic acids is 1. The summed E-state index contributed by atoms with van der Waals surface area (Å²) in [6.07, 6.45) is 2.15. The zero-order valence-corrected chi connectivity index (χ0v) is 12.5. The maximum absolute atomic E-state index is 12.3. The number of halogens is 2. The molecule has 1 aromatic rings. The summed E-state index contributed by atoms with van der Waals surface area (Å²) >= 11 is 9.26. The van der Waals surface area contributed by atoms with Crippen molar-refractivity contribution in [2.45, 2.75) is 18.9 Å². The van der Waals surface area contributed by atoms with Gasteiger partial charge in [0.05, 0.1) is 11.1 Å². The van der Waals surface area contributed by atoms with Gasteiger partial charge in [-0.15, -0.1) is 0 Å². The lowest BCUT2D eigenvalue weighted by Crippen LogP contribution is -2.42. The van der Waals surface area contributed by atoms with Gasteiger partial charge in [0.15, 0.2) is 0 Å². The minimum Gasteiger partial charge on any atom is -0.380 e. The van der Waals surface area contributed by atoms with Crippen LogP contribution in [0.15, 0.2) is 22.7 Å². The Morgan fingerprint density at radius 1 is 1.56 bits per heavy atom. The summed E-state index contributed by atoms with van der Waals surface area (Å²) in [5.74, 6) is 0.0362. The van der Waals surface area contributed by atoms with E-state index in [9.17, 15) is 4.79 Å². The Bertz CT molecular complexity index is 453. The van der Waals surface area contributed by atoms with Crippen LogP contribution in [0.5, 0.6) is 0 Å². The number of amides is 1. The first-order chi connectivity index (χ1) is 8.61. The standard InChI is InChI=1S/C13H15BrClNO2/c1-18-10-3-2-6-16(8-10)13(17)9-4-5-12(15)11(14)7-9/h4-5,7,10H,2-3,6,8H2,1H3. The van der Waals surface area contributed by atoms with Crippen molar-refractivity contribution in [3.05, 3.63) is 33.3 Å². The molecule has 1 atom stereocenters. The molecule has 0 N–H and O–H groups in total. The zero-order valence-electron chi connectivity index (χ0n) is 10.2. The molecule has 2 rings (SSSR count). The van der Waals surface area contributed by atoms with Crippen LogP contribution in [-0.4, -0.2) is 37.1 Å². The number of methoxy groups -OCH3 is 1. The molecule has 3 nitrogen and oxygen atoms in total. The van der Waals surface area contributed by atoms with Gasteiger partial charge in [-0.05, 0) is 47.0 Å². The van der Waals surface area contributed by atoms with Crippen LogP contribution in [0, 0.1) is 0 Å². The Morgan fingerprint density at radius 2 is 2.33 bits per heavy atom. The van der Waals surface area contributed by atoms with Crippen LogP contribution < -0.4 is 0 Å². The molecule has 0 aromatic heterocycles. The van der Waals surface area contributed by atoms with Crippen molar-refractivity contribution >= 4 is 33.4 Å². The molecule has 1 aliphatic heterocycles. The minimum atomic E-state index is 0.0362. The topological polar surface area (TPSA) is 29.5 Å². The SMILES string of the molecule is COC1CCCN(C(=O)c2ccc(Cl)c(Br)c2)C1. The van der Waals surface area contributed by atoms with Gasteiger partial charge in [-0.25, -0.2) is 0 Å². The minimum absolute atomic E-state index is 0.0362. The number of piperidine rings is 1. The van der Waals surface area contributed by atoms with Gasteiger partial charge in [0.1, 0.15) is 0 Å². The van der Waals surface area contributed by atoms with E-state index < -0.39 is 0 Å². The van der Waals surface area contributed by atoms with E-state index >= 15 is 0 Å². The fourth-order valence-electron chi connectivity index (χ4n) is 2.13. The van der Waals surface area contributed by atoms with Crippen LogP contribution >= 0.6 is 27.5 Å². The molecule has 0 radical (unpaired) electrons. The summed E-state index contributed by atoms with van der Waals surface area (Å²) in [5.41, 5.74) is 0.656. The Labute approximate surface area is 120 Å². The van der Waals surface area contributed by atoms with Crippen LogP contribution in [0.25, 0.3) is 0 Å². The first kappa shape index (κ1) is 13.8. The largest absolute Gasteiger partial charge is 0.380 e. The number of benzene rings is 1. The fraction of sp³-hybridized carbons (Fsp3) is 0.462. The molecule has 1 heterocycles. The number of rotatable bonds is 2. The normalized spacial score (nSPS) is 19.9. The highest BCUT2D eigenvalue weighted by molar-refractivity contribution is 9.10. The molecule has 5 heteroatoms. The summed E-state index contributed by atoms with van der Waals surface area (Å²) in [6, 6.07) is 5.25. The number of ether oxygens (including phenoxy) is 1. The van der Waals surface area contributed by atoms with E-state index in [1.165, 1.54) is 0 Å². The molecule has 0 bridgehead atoms. The predicted molar refractivity (Wildman–Crippen MR) is 75.1 cm³/mol. The van der Waals surface area contributed by atoms with E-state index in [0.717, 1.165) is 23.9 Å². The monoisotopic (exact) mass is 331 g/mol. The van der Waals surface area contributed by atoms with Gasteiger partial charge in [0.2, 0.25) is 0 Å². The second kappa shape index (κ2) is 6.04. The Morgan fingerprint density at radius 3 is 3.00 bits per heavy atom. The van der Waals surface area contributed by atoms with Crippen molar-refractivity contribution in [3.63, 3.8) is 0 Å². The lowest BCUT2D eigenvalue weighted by Gasteiger charge is -2.32. The molecular weight excluding hydrogens is 318 g/mol. The maximum Gasteiger partial charge on any atom is 0.253 e.